The Morgan fingerprint density at radius 1 is 1.20 bits per heavy atom. The molecule has 0 heterocycles. The minimum absolute atomic E-state index is 0.113. The molecule has 1 atom stereocenters. The van der Waals surface area contributed by atoms with Crippen LogP contribution in [0.5, 0.6) is 5.75 Å². The van der Waals surface area contributed by atoms with Gasteiger partial charge in [0.05, 0.1) is 18.4 Å². The summed E-state index contributed by atoms with van der Waals surface area (Å²) in [6.07, 6.45) is -0.160. The lowest BCUT2D eigenvalue weighted by atomic mass is 9.96. The molecule has 0 aromatic heterocycles. The minimum Gasteiger partial charge on any atom is -0.481 e. The smallest absolute Gasteiger partial charge is 0.317 e. The SMILES string of the molecule is Cc1cc(C)c(OC(=O)C(C)(C)CSC(COO)CC(=O)O)c(C)c1. The second-order valence-corrected chi connectivity index (χ2v) is 8.12. The van der Waals surface area contributed by atoms with Crippen LogP contribution in [0.4, 0.5) is 0 Å². The second-order valence-electron chi connectivity index (χ2n) is 6.83. The van der Waals surface area contributed by atoms with Crippen molar-refractivity contribution in [3.05, 3.63) is 28.8 Å². The number of benzene rings is 1. The zero-order chi connectivity index (χ0) is 19.2. The van der Waals surface area contributed by atoms with Gasteiger partial charge in [-0.3, -0.25) is 14.8 Å². The zero-order valence-electron chi connectivity index (χ0n) is 15.3. The number of aliphatic carboxylic acids is 1. The predicted octanol–water partition coefficient (Wildman–Crippen LogP) is 3.61. The number of carboxylic acid groups (broad SMARTS) is 1. The Morgan fingerprint density at radius 3 is 2.24 bits per heavy atom. The third-order valence-corrected chi connectivity index (χ3v) is 5.36. The lowest BCUT2D eigenvalue weighted by Crippen LogP contribution is -2.33. The fourth-order valence-electron chi connectivity index (χ4n) is 2.39. The highest BCUT2D eigenvalue weighted by Gasteiger charge is 2.32. The summed E-state index contributed by atoms with van der Waals surface area (Å²) in [5, 5.41) is 17.0. The minimum atomic E-state index is -0.985. The van der Waals surface area contributed by atoms with Crippen LogP contribution in [0.1, 0.15) is 37.0 Å². The highest BCUT2D eigenvalue weighted by molar-refractivity contribution is 8.00. The molecule has 0 aliphatic rings. The number of hydrogen-bond acceptors (Lipinski definition) is 6. The summed E-state index contributed by atoms with van der Waals surface area (Å²) in [4.78, 5) is 27.5. The van der Waals surface area contributed by atoms with Crippen LogP contribution < -0.4 is 4.74 Å². The number of thioether (sulfide) groups is 1. The van der Waals surface area contributed by atoms with Crippen molar-refractivity contribution in [2.45, 2.75) is 46.3 Å². The summed E-state index contributed by atoms with van der Waals surface area (Å²) < 4.78 is 5.62. The van der Waals surface area contributed by atoms with Gasteiger partial charge in [-0.2, -0.15) is 11.8 Å². The van der Waals surface area contributed by atoms with E-state index in [9.17, 15) is 9.59 Å². The summed E-state index contributed by atoms with van der Waals surface area (Å²) in [5.41, 5.74) is 2.07. The summed E-state index contributed by atoms with van der Waals surface area (Å²) in [5.74, 6) is -0.457. The molecule has 0 saturated heterocycles. The maximum absolute atomic E-state index is 12.6. The van der Waals surface area contributed by atoms with Crippen LogP contribution in [0.2, 0.25) is 0 Å². The number of carbonyl (C=O) groups excluding carboxylic acids is 1. The van der Waals surface area contributed by atoms with Gasteiger partial charge in [0.1, 0.15) is 5.75 Å². The average Bonchev–Trinajstić information content (AvgIpc) is 2.48. The molecule has 0 radical (unpaired) electrons. The third-order valence-electron chi connectivity index (χ3n) is 3.69. The molecule has 0 bridgehead atoms. The summed E-state index contributed by atoms with van der Waals surface area (Å²) >= 11 is 1.26. The fourth-order valence-corrected chi connectivity index (χ4v) is 3.58. The average molecular weight is 370 g/mol. The van der Waals surface area contributed by atoms with E-state index < -0.39 is 16.6 Å². The highest BCUT2D eigenvalue weighted by Crippen LogP contribution is 2.31. The molecule has 0 spiro atoms. The predicted molar refractivity (Wildman–Crippen MR) is 97.1 cm³/mol. The molecule has 6 nitrogen and oxygen atoms in total. The van der Waals surface area contributed by atoms with E-state index in [-0.39, 0.29) is 19.0 Å². The maximum atomic E-state index is 12.6. The van der Waals surface area contributed by atoms with Gasteiger partial charge in [0.25, 0.3) is 0 Å². The van der Waals surface area contributed by atoms with Crippen molar-refractivity contribution in [3.63, 3.8) is 0 Å². The molecule has 0 amide bonds. The molecule has 0 aliphatic heterocycles. The Balaban J connectivity index is 2.77. The van der Waals surface area contributed by atoms with Crippen LogP contribution in [0.25, 0.3) is 0 Å². The highest BCUT2D eigenvalue weighted by atomic mass is 32.2. The fraction of sp³-hybridized carbons (Fsp3) is 0.556. The first-order valence-electron chi connectivity index (χ1n) is 7.96. The molecule has 140 valence electrons. The van der Waals surface area contributed by atoms with E-state index in [1.165, 1.54) is 11.8 Å². The molecule has 0 saturated carbocycles. The number of hydrogen-bond donors (Lipinski definition) is 2. The van der Waals surface area contributed by atoms with E-state index in [0.29, 0.717) is 11.5 Å². The van der Waals surface area contributed by atoms with E-state index in [0.717, 1.165) is 16.7 Å². The lowest BCUT2D eigenvalue weighted by Gasteiger charge is -2.25. The number of rotatable bonds is 9. The number of aryl methyl sites for hydroxylation is 3. The largest absolute Gasteiger partial charge is 0.481 e. The molecular formula is C18H26O6S. The Labute approximate surface area is 152 Å². The first-order chi connectivity index (χ1) is 11.6. The topological polar surface area (TPSA) is 93.1 Å². The Bertz CT molecular complexity index is 603. The molecular weight excluding hydrogens is 344 g/mol. The Kier molecular flexibility index (Phi) is 7.92. The van der Waals surface area contributed by atoms with Crippen LogP contribution in [0, 0.1) is 26.2 Å². The molecule has 1 unspecified atom stereocenters. The van der Waals surface area contributed by atoms with Crippen molar-refractivity contribution < 1.29 is 29.6 Å². The van der Waals surface area contributed by atoms with Crippen LogP contribution in [-0.2, 0) is 14.5 Å². The van der Waals surface area contributed by atoms with Crippen LogP contribution in [-0.4, -0.2) is 39.9 Å². The van der Waals surface area contributed by atoms with Gasteiger partial charge in [-0.25, -0.2) is 4.89 Å². The molecule has 1 aromatic rings. The number of ether oxygens (including phenoxy) is 1. The van der Waals surface area contributed by atoms with Gasteiger partial charge in [0.15, 0.2) is 0 Å². The number of esters is 1. The molecule has 7 heteroatoms. The molecule has 25 heavy (non-hydrogen) atoms. The van der Waals surface area contributed by atoms with Gasteiger partial charge in [-0.05, 0) is 45.7 Å². The van der Waals surface area contributed by atoms with Crippen molar-refractivity contribution >= 4 is 23.7 Å². The standard InChI is InChI=1S/C18H26O6S/c1-11-6-12(2)16(13(3)7-11)24-17(21)18(4,5)10-25-14(9-23-22)8-15(19)20/h6-7,14,22H,8-10H2,1-5H3,(H,19,20). The van der Waals surface area contributed by atoms with E-state index in [1.54, 1.807) is 13.8 Å². The van der Waals surface area contributed by atoms with Gasteiger partial charge in [0, 0.05) is 11.0 Å². The molecule has 0 fully saturated rings. The molecule has 1 aromatic carbocycles. The number of carboxylic acids is 1. The molecule has 2 N–H and O–H groups in total. The zero-order valence-corrected chi connectivity index (χ0v) is 16.1. The Morgan fingerprint density at radius 2 is 1.76 bits per heavy atom. The van der Waals surface area contributed by atoms with Crippen molar-refractivity contribution in [1.29, 1.82) is 0 Å². The number of carbonyl (C=O) groups is 2. The van der Waals surface area contributed by atoms with Gasteiger partial charge in [0.2, 0.25) is 0 Å². The summed E-state index contributed by atoms with van der Waals surface area (Å²) in [6, 6.07) is 3.91. The van der Waals surface area contributed by atoms with E-state index in [4.69, 9.17) is 15.1 Å². The normalized spacial score (nSPS) is 12.7. The van der Waals surface area contributed by atoms with E-state index in [2.05, 4.69) is 4.89 Å². The van der Waals surface area contributed by atoms with Crippen molar-refractivity contribution in [2.75, 3.05) is 12.4 Å². The van der Waals surface area contributed by atoms with E-state index in [1.807, 2.05) is 32.9 Å². The van der Waals surface area contributed by atoms with Crippen LogP contribution in [0.3, 0.4) is 0 Å². The monoisotopic (exact) mass is 370 g/mol. The Hall–Kier alpha value is -1.57. The van der Waals surface area contributed by atoms with Crippen molar-refractivity contribution in [2.24, 2.45) is 5.41 Å². The quantitative estimate of drug-likeness (QED) is 0.297. The molecule has 1 rings (SSSR count). The van der Waals surface area contributed by atoms with Crippen molar-refractivity contribution in [3.8, 4) is 5.75 Å². The van der Waals surface area contributed by atoms with Crippen LogP contribution >= 0.6 is 11.8 Å². The van der Waals surface area contributed by atoms with E-state index >= 15 is 0 Å². The summed E-state index contributed by atoms with van der Waals surface area (Å²) in [7, 11) is 0. The first-order valence-corrected chi connectivity index (χ1v) is 9.01. The van der Waals surface area contributed by atoms with Gasteiger partial charge in [-0.1, -0.05) is 17.7 Å². The summed E-state index contributed by atoms with van der Waals surface area (Å²) in [6.45, 7) is 9.16. The van der Waals surface area contributed by atoms with Gasteiger partial charge < -0.3 is 9.84 Å². The van der Waals surface area contributed by atoms with Crippen molar-refractivity contribution in [1.82, 2.24) is 0 Å². The third kappa shape index (κ3) is 6.68. The second kappa shape index (κ2) is 9.22. The first kappa shape index (κ1) is 21.5. The lowest BCUT2D eigenvalue weighted by molar-refractivity contribution is -0.241. The van der Waals surface area contributed by atoms with Crippen LogP contribution in [0.15, 0.2) is 12.1 Å². The van der Waals surface area contributed by atoms with Gasteiger partial charge >= 0.3 is 11.9 Å². The van der Waals surface area contributed by atoms with Gasteiger partial charge in [-0.15, -0.1) is 0 Å². The molecule has 0 aliphatic carbocycles. The maximum Gasteiger partial charge on any atom is 0.317 e.